The van der Waals surface area contributed by atoms with Gasteiger partial charge in [0.15, 0.2) is 5.72 Å². The number of hydrogen-bond acceptors (Lipinski definition) is 5. The molecule has 5 heteroatoms. The molecule has 5 nitrogen and oxygen atoms in total. The second kappa shape index (κ2) is 5.42. The molecule has 3 rings (SSSR count). The third kappa shape index (κ3) is 3.29. The number of nitrogens with zero attached hydrogens (tertiary/aromatic N) is 1. The summed E-state index contributed by atoms with van der Waals surface area (Å²) in [4.78, 5) is 11.9. The van der Waals surface area contributed by atoms with Crippen LogP contribution in [0.25, 0.3) is 0 Å². The summed E-state index contributed by atoms with van der Waals surface area (Å²) in [6.45, 7) is 8.87. The van der Waals surface area contributed by atoms with Crippen molar-refractivity contribution in [3.63, 3.8) is 0 Å². The van der Waals surface area contributed by atoms with Crippen LogP contribution in [0.15, 0.2) is 24.3 Å². The van der Waals surface area contributed by atoms with Gasteiger partial charge in [-0.1, -0.05) is 12.1 Å². The third-order valence-electron chi connectivity index (χ3n) is 3.28. The van der Waals surface area contributed by atoms with E-state index in [2.05, 4.69) is 21.8 Å². The molecule has 2 fully saturated rings. The Bertz CT molecular complexity index is 467. The fraction of sp³-hybridized carbons (Fsp3) is 0.533. The summed E-state index contributed by atoms with van der Waals surface area (Å²) >= 11 is 0. The number of ether oxygens (including phenoxy) is 2. The van der Waals surface area contributed by atoms with Gasteiger partial charge in [0.1, 0.15) is 5.60 Å². The van der Waals surface area contributed by atoms with Crippen LogP contribution in [0.3, 0.4) is 0 Å². The van der Waals surface area contributed by atoms with Gasteiger partial charge in [0, 0.05) is 24.3 Å². The Morgan fingerprint density at radius 1 is 1.35 bits per heavy atom. The van der Waals surface area contributed by atoms with Gasteiger partial charge in [-0.2, -0.15) is 0 Å². The molecule has 0 aromatic heterocycles. The number of hydrogen-bond donors (Lipinski definition) is 1. The number of rotatable bonds is 2. The van der Waals surface area contributed by atoms with Gasteiger partial charge in [-0.15, -0.1) is 0 Å². The lowest BCUT2D eigenvalue weighted by Gasteiger charge is -2.14. The van der Waals surface area contributed by atoms with Crippen molar-refractivity contribution in [3.05, 3.63) is 29.8 Å². The van der Waals surface area contributed by atoms with Gasteiger partial charge in [-0.05, 0) is 32.9 Å². The number of benzene rings is 1. The molecule has 0 spiro atoms. The van der Waals surface area contributed by atoms with Crippen molar-refractivity contribution in [2.45, 2.75) is 32.1 Å². The van der Waals surface area contributed by atoms with E-state index < -0.39 is 0 Å². The van der Waals surface area contributed by atoms with E-state index in [9.17, 15) is 4.79 Å². The van der Waals surface area contributed by atoms with Gasteiger partial charge in [0.05, 0.1) is 6.61 Å². The first-order valence-electron chi connectivity index (χ1n) is 6.74. The Balaban J connectivity index is 0.000000182. The van der Waals surface area contributed by atoms with Crippen LogP contribution in [-0.2, 0) is 20.0 Å². The van der Waals surface area contributed by atoms with E-state index in [4.69, 9.17) is 10.5 Å². The molecule has 0 saturated carbocycles. The number of morpholine rings is 1. The Labute approximate surface area is 119 Å². The summed E-state index contributed by atoms with van der Waals surface area (Å²) in [5.41, 5.74) is 7.28. The van der Waals surface area contributed by atoms with Crippen LogP contribution in [0.5, 0.6) is 0 Å². The van der Waals surface area contributed by atoms with Crippen LogP contribution in [0.2, 0.25) is 0 Å². The molecule has 2 atom stereocenters. The van der Waals surface area contributed by atoms with E-state index in [1.807, 2.05) is 32.9 Å². The molecule has 2 aliphatic heterocycles. The zero-order valence-corrected chi connectivity index (χ0v) is 12.3. The molecule has 1 aromatic carbocycles. The van der Waals surface area contributed by atoms with Crippen molar-refractivity contribution in [2.75, 3.05) is 25.4 Å². The van der Waals surface area contributed by atoms with Gasteiger partial charge in [-0.25, -0.2) is 0 Å². The fourth-order valence-corrected chi connectivity index (χ4v) is 2.19. The Hall–Kier alpha value is -1.59. The monoisotopic (exact) mass is 278 g/mol. The first-order chi connectivity index (χ1) is 9.37. The Kier molecular flexibility index (Phi) is 4.01. The molecular formula is C15H22N2O3. The number of nitrogen functional groups attached to an aromatic ring is 1. The number of anilines is 1. The van der Waals surface area contributed by atoms with Gasteiger partial charge < -0.3 is 15.2 Å². The van der Waals surface area contributed by atoms with Gasteiger partial charge in [-0.3, -0.25) is 9.69 Å². The second-order valence-corrected chi connectivity index (χ2v) is 6.00. The zero-order chi connectivity index (χ0) is 14.8. The average molecular weight is 278 g/mol. The molecule has 2 N–H and O–H groups in total. The summed E-state index contributed by atoms with van der Waals surface area (Å²) in [7, 11) is 0. The molecule has 0 bridgehead atoms. The van der Waals surface area contributed by atoms with Gasteiger partial charge in [0.2, 0.25) is 0 Å². The summed E-state index contributed by atoms with van der Waals surface area (Å²) in [5.74, 6) is 0. The van der Waals surface area contributed by atoms with E-state index in [0.717, 1.165) is 25.4 Å². The van der Waals surface area contributed by atoms with Crippen LogP contribution in [0.4, 0.5) is 5.69 Å². The summed E-state index contributed by atoms with van der Waals surface area (Å²) in [6, 6.07) is 7.98. The van der Waals surface area contributed by atoms with E-state index in [1.165, 1.54) is 5.56 Å². The Morgan fingerprint density at radius 2 is 2.00 bits per heavy atom. The SMILES string of the molecule is CC(C)(C)OC=O.Nc1ccc(C23CN2CCO3)cc1. The van der Waals surface area contributed by atoms with E-state index >= 15 is 0 Å². The van der Waals surface area contributed by atoms with Crippen LogP contribution < -0.4 is 5.73 Å². The fourth-order valence-electron chi connectivity index (χ4n) is 2.19. The average Bonchev–Trinajstić information content (AvgIpc) is 2.92. The largest absolute Gasteiger partial charge is 0.462 e. The molecule has 0 radical (unpaired) electrons. The minimum Gasteiger partial charge on any atom is -0.462 e. The molecule has 110 valence electrons. The Morgan fingerprint density at radius 3 is 2.35 bits per heavy atom. The van der Waals surface area contributed by atoms with Crippen molar-refractivity contribution < 1.29 is 14.3 Å². The van der Waals surface area contributed by atoms with Crippen LogP contribution in [0, 0.1) is 0 Å². The number of nitrogens with two attached hydrogens (primary N) is 1. The van der Waals surface area contributed by atoms with Gasteiger partial charge in [0.25, 0.3) is 6.47 Å². The minimum absolute atomic E-state index is 0.0757. The summed E-state index contributed by atoms with van der Waals surface area (Å²) in [6.07, 6.45) is 0. The lowest BCUT2D eigenvalue weighted by Crippen LogP contribution is -2.17. The van der Waals surface area contributed by atoms with E-state index in [0.29, 0.717) is 6.47 Å². The normalized spacial score (nSPS) is 27.1. The first kappa shape index (κ1) is 14.8. The lowest BCUT2D eigenvalue weighted by atomic mass is 10.1. The number of carbonyl (C=O) groups excluding carboxylic acids is 1. The predicted octanol–water partition coefficient (Wildman–Crippen LogP) is 1.73. The third-order valence-corrected chi connectivity index (χ3v) is 3.28. The van der Waals surface area contributed by atoms with Crippen molar-refractivity contribution in [1.29, 1.82) is 0 Å². The lowest BCUT2D eigenvalue weighted by molar-refractivity contribution is -0.138. The van der Waals surface area contributed by atoms with Crippen molar-refractivity contribution in [2.24, 2.45) is 0 Å². The summed E-state index contributed by atoms with van der Waals surface area (Å²) < 4.78 is 10.3. The zero-order valence-electron chi connectivity index (χ0n) is 12.3. The molecular weight excluding hydrogens is 256 g/mol. The molecule has 0 amide bonds. The smallest absolute Gasteiger partial charge is 0.293 e. The van der Waals surface area contributed by atoms with Gasteiger partial charge >= 0.3 is 0 Å². The number of carbonyl (C=O) groups is 1. The van der Waals surface area contributed by atoms with Crippen LogP contribution in [0.1, 0.15) is 26.3 Å². The summed E-state index contributed by atoms with van der Waals surface area (Å²) in [5, 5.41) is 0. The van der Waals surface area contributed by atoms with Crippen LogP contribution in [-0.4, -0.2) is 36.7 Å². The molecule has 2 heterocycles. The molecule has 1 aromatic rings. The van der Waals surface area contributed by atoms with Crippen molar-refractivity contribution in [1.82, 2.24) is 4.90 Å². The maximum atomic E-state index is 9.60. The second-order valence-electron chi connectivity index (χ2n) is 6.00. The van der Waals surface area contributed by atoms with E-state index in [-0.39, 0.29) is 11.3 Å². The maximum absolute atomic E-state index is 9.60. The quantitative estimate of drug-likeness (QED) is 0.507. The highest BCUT2D eigenvalue weighted by atomic mass is 16.5. The highest BCUT2D eigenvalue weighted by Gasteiger charge is 2.58. The highest BCUT2D eigenvalue weighted by Crippen LogP contribution is 2.47. The van der Waals surface area contributed by atoms with Crippen LogP contribution >= 0.6 is 0 Å². The first-order valence-corrected chi connectivity index (χ1v) is 6.74. The standard InChI is InChI=1S/C10H12N2O.C5H10O2/c11-9-3-1-8(2-4-9)10-7-12(10)5-6-13-10;1-5(2,3)7-4-6/h1-4H,5-7,11H2;4H,1-3H3. The van der Waals surface area contributed by atoms with E-state index in [1.54, 1.807) is 0 Å². The molecule has 0 aliphatic carbocycles. The maximum Gasteiger partial charge on any atom is 0.293 e. The molecule has 2 saturated heterocycles. The molecule has 2 unspecified atom stereocenters. The predicted molar refractivity (Wildman–Crippen MR) is 77.0 cm³/mol. The van der Waals surface area contributed by atoms with Crippen molar-refractivity contribution >= 4 is 12.2 Å². The number of fused-ring (bicyclic) bond motifs is 1. The minimum atomic E-state index is -0.318. The van der Waals surface area contributed by atoms with Crippen molar-refractivity contribution in [3.8, 4) is 0 Å². The molecule has 20 heavy (non-hydrogen) atoms. The molecule has 2 aliphatic rings. The topological polar surface area (TPSA) is 64.6 Å². The highest BCUT2D eigenvalue weighted by molar-refractivity contribution is 5.42.